The summed E-state index contributed by atoms with van der Waals surface area (Å²) in [6.45, 7) is 0. The Hall–Kier alpha value is -6.20. The number of para-hydroxylation sites is 3. The van der Waals surface area contributed by atoms with Gasteiger partial charge in [-0.1, -0.05) is 78.9 Å². The number of pyridine rings is 2. The number of nitrogens with zero attached hydrogens (tertiary/aromatic N) is 4. The Balaban J connectivity index is 1.25. The maximum Gasteiger partial charge on any atom is 0.147 e. The first-order chi connectivity index (χ1) is 22.3. The van der Waals surface area contributed by atoms with Crippen LogP contribution in [0.15, 0.2) is 158 Å². The lowest BCUT2D eigenvalue weighted by molar-refractivity contribution is 0.482. The summed E-state index contributed by atoms with van der Waals surface area (Å²) >= 11 is 0. The molecule has 0 amide bonds. The van der Waals surface area contributed by atoms with E-state index in [1.54, 1.807) is 6.20 Å². The maximum absolute atomic E-state index is 6.42. The molecule has 0 saturated carbocycles. The fourth-order valence-corrected chi connectivity index (χ4v) is 6.53. The fourth-order valence-electron chi connectivity index (χ4n) is 6.53. The molecule has 0 aliphatic carbocycles. The molecule has 9 rings (SSSR count). The Bertz CT molecular complexity index is 2510. The van der Waals surface area contributed by atoms with Crippen molar-refractivity contribution in [2.45, 2.75) is 0 Å². The molecule has 5 nitrogen and oxygen atoms in total. The van der Waals surface area contributed by atoms with Crippen LogP contribution < -0.4 is 4.74 Å². The molecule has 0 saturated heterocycles. The third kappa shape index (κ3) is 4.09. The van der Waals surface area contributed by atoms with Gasteiger partial charge in [0.15, 0.2) is 0 Å². The van der Waals surface area contributed by atoms with Crippen LogP contribution in [0.4, 0.5) is 0 Å². The highest BCUT2D eigenvalue weighted by molar-refractivity contribution is 6.25. The summed E-state index contributed by atoms with van der Waals surface area (Å²) < 4.78 is 11.0. The van der Waals surface area contributed by atoms with Gasteiger partial charge in [-0.15, -0.1) is 0 Å². The normalized spacial score (nSPS) is 11.6. The average Bonchev–Trinajstić information content (AvgIpc) is 3.62. The van der Waals surface area contributed by atoms with Crippen LogP contribution in [0.1, 0.15) is 0 Å². The zero-order valence-electron chi connectivity index (χ0n) is 24.2. The topological polar surface area (TPSA) is 44.9 Å². The Kier molecular flexibility index (Phi) is 5.74. The summed E-state index contributed by atoms with van der Waals surface area (Å²) in [5.41, 5.74) is 8.32. The van der Waals surface area contributed by atoms with E-state index in [2.05, 4.69) is 105 Å². The molecular formula is C40H26N4O. The molecule has 212 valence electrons. The molecule has 5 heteroatoms. The first-order valence-electron chi connectivity index (χ1n) is 15.0. The number of rotatable bonds is 5. The third-order valence-corrected chi connectivity index (χ3v) is 8.44. The van der Waals surface area contributed by atoms with Gasteiger partial charge >= 0.3 is 0 Å². The Morgan fingerprint density at radius 3 is 2.00 bits per heavy atom. The van der Waals surface area contributed by atoms with E-state index in [1.165, 1.54) is 5.39 Å². The molecule has 0 aliphatic rings. The minimum atomic E-state index is 0.746. The van der Waals surface area contributed by atoms with Gasteiger partial charge in [0.05, 0.1) is 33.3 Å². The lowest BCUT2D eigenvalue weighted by Crippen LogP contribution is -1.97. The predicted octanol–water partition coefficient (Wildman–Crippen LogP) is 10.1. The van der Waals surface area contributed by atoms with Crippen molar-refractivity contribution < 1.29 is 4.74 Å². The van der Waals surface area contributed by atoms with Gasteiger partial charge in [-0.25, -0.2) is 4.98 Å². The molecule has 0 aliphatic heterocycles. The standard InChI is InChI=1S/C40H26N4O/c1-2-13-28(14-3-1)43-36-21-6-4-18-32(36)34-26-42-40-38(39(34)43)33-19-5-7-22-37(33)44(40)29-15-11-17-31(25-29)45-30-16-10-12-27(24-30)35-20-8-9-23-41-35/h1-26H. The molecule has 0 atom stereocenters. The molecule has 0 N–H and O–H groups in total. The molecule has 0 fully saturated rings. The van der Waals surface area contributed by atoms with Crippen molar-refractivity contribution in [1.82, 2.24) is 19.1 Å². The second-order valence-corrected chi connectivity index (χ2v) is 11.1. The first kappa shape index (κ1) is 25.3. The molecule has 9 aromatic rings. The van der Waals surface area contributed by atoms with Crippen LogP contribution >= 0.6 is 0 Å². The summed E-state index contributed by atoms with van der Waals surface area (Å²) in [6, 6.07) is 49.9. The van der Waals surface area contributed by atoms with Crippen molar-refractivity contribution in [2.75, 3.05) is 0 Å². The number of fused-ring (bicyclic) bond motifs is 7. The van der Waals surface area contributed by atoms with E-state index in [1.807, 2.05) is 60.8 Å². The van der Waals surface area contributed by atoms with Gasteiger partial charge in [0.2, 0.25) is 0 Å². The SMILES string of the molecule is c1ccc(-n2c3ccccc3c3cnc4c(c5ccccc5n4-c4cccc(Oc5cccc(-c6ccccn6)c5)c4)c32)cc1. The van der Waals surface area contributed by atoms with Crippen LogP contribution in [0.5, 0.6) is 11.5 Å². The summed E-state index contributed by atoms with van der Waals surface area (Å²) in [6.07, 6.45) is 3.83. The van der Waals surface area contributed by atoms with Gasteiger partial charge < -0.3 is 9.30 Å². The van der Waals surface area contributed by atoms with Gasteiger partial charge in [-0.05, 0) is 60.7 Å². The molecule has 45 heavy (non-hydrogen) atoms. The molecule has 0 bridgehead atoms. The zero-order valence-corrected chi connectivity index (χ0v) is 24.2. The van der Waals surface area contributed by atoms with Gasteiger partial charge in [0.25, 0.3) is 0 Å². The van der Waals surface area contributed by atoms with E-state index in [-0.39, 0.29) is 0 Å². The van der Waals surface area contributed by atoms with Gasteiger partial charge in [0, 0.05) is 45.9 Å². The van der Waals surface area contributed by atoms with E-state index in [0.717, 1.165) is 72.5 Å². The van der Waals surface area contributed by atoms with Crippen LogP contribution in [0.3, 0.4) is 0 Å². The Morgan fingerprint density at radius 1 is 0.489 bits per heavy atom. The summed E-state index contributed by atoms with van der Waals surface area (Å²) in [5.74, 6) is 1.50. The smallest absolute Gasteiger partial charge is 0.147 e. The number of ether oxygens (including phenoxy) is 1. The highest BCUT2D eigenvalue weighted by Gasteiger charge is 2.21. The number of hydrogen-bond donors (Lipinski definition) is 0. The summed E-state index contributed by atoms with van der Waals surface area (Å²) in [4.78, 5) is 9.64. The van der Waals surface area contributed by atoms with Crippen LogP contribution in [0.2, 0.25) is 0 Å². The van der Waals surface area contributed by atoms with Gasteiger partial charge in [-0.2, -0.15) is 0 Å². The number of aromatic nitrogens is 4. The molecule has 0 radical (unpaired) electrons. The summed E-state index contributed by atoms with van der Waals surface area (Å²) in [5, 5.41) is 4.60. The fraction of sp³-hybridized carbons (Fsp3) is 0. The second-order valence-electron chi connectivity index (χ2n) is 11.1. The number of benzene rings is 5. The first-order valence-corrected chi connectivity index (χ1v) is 15.0. The van der Waals surface area contributed by atoms with E-state index in [4.69, 9.17) is 9.72 Å². The lowest BCUT2D eigenvalue weighted by atomic mass is 10.1. The summed E-state index contributed by atoms with van der Waals surface area (Å²) in [7, 11) is 0. The lowest BCUT2D eigenvalue weighted by Gasteiger charge is -2.11. The van der Waals surface area contributed by atoms with Crippen LogP contribution in [0, 0.1) is 0 Å². The predicted molar refractivity (Wildman–Crippen MR) is 183 cm³/mol. The van der Waals surface area contributed by atoms with Crippen molar-refractivity contribution >= 4 is 43.7 Å². The van der Waals surface area contributed by atoms with E-state index in [0.29, 0.717) is 0 Å². The Labute approximate surface area is 259 Å². The highest BCUT2D eigenvalue weighted by atomic mass is 16.5. The van der Waals surface area contributed by atoms with Gasteiger partial charge in [0.1, 0.15) is 17.1 Å². The maximum atomic E-state index is 6.42. The van der Waals surface area contributed by atoms with Crippen molar-refractivity contribution in [3.05, 3.63) is 158 Å². The highest BCUT2D eigenvalue weighted by Crippen LogP contribution is 2.41. The molecular weight excluding hydrogens is 552 g/mol. The quantitative estimate of drug-likeness (QED) is 0.204. The number of hydrogen-bond acceptors (Lipinski definition) is 3. The monoisotopic (exact) mass is 578 g/mol. The third-order valence-electron chi connectivity index (χ3n) is 8.44. The van der Waals surface area contributed by atoms with E-state index in [9.17, 15) is 0 Å². The van der Waals surface area contributed by atoms with Crippen LogP contribution in [-0.4, -0.2) is 19.1 Å². The van der Waals surface area contributed by atoms with E-state index >= 15 is 0 Å². The average molecular weight is 579 g/mol. The van der Waals surface area contributed by atoms with Crippen LogP contribution in [-0.2, 0) is 0 Å². The molecule has 4 aromatic heterocycles. The van der Waals surface area contributed by atoms with E-state index < -0.39 is 0 Å². The Morgan fingerprint density at radius 2 is 1.18 bits per heavy atom. The minimum absolute atomic E-state index is 0.746. The van der Waals surface area contributed by atoms with Crippen molar-refractivity contribution in [1.29, 1.82) is 0 Å². The van der Waals surface area contributed by atoms with Crippen molar-refractivity contribution in [2.24, 2.45) is 0 Å². The van der Waals surface area contributed by atoms with Crippen molar-refractivity contribution in [3.8, 4) is 34.1 Å². The minimum Gasteiger partial charge on any atom is -0.457 e. The second kappa shape index (κ2) is 10.2. The van der Waals surface area contributed by atoms with Crippen molar-refractivity contribution in [3.63, 3.8) is 0 Å². The molecule has 4 heterocycles. The molecule has 0 unspecified atom stereocenters. The molecule has 5 aromatic carbocycles. The van der Waals surface area contributed by atoms with Gasteiger partial charge in [-0.3, -0.25) is 9.55 Å². The largest absolute Gasteiger partial charge is 0.457 e. The zero-order chi connectivity index (χ0) is 29.7. The van der Waals surface area contributed by atoms with Crippen LogP contribution in [0.25, 0.3) is 66.4 Å². The molecule has 0 spiro atoms.